The Kier molecular flexibility index (Phi) is 5.13. The number of aliphatic hydroxyl groups is 1. The highest BCUT2D eigenvalue weighted by Crippen LogP contribution is 2.42. The Hall–Kier alpha value is -0.470. The van der Waals surface area contributed by atoms with Crippen LogP contribution < -0.4 is 0 Å². The van der Waals surface area contributed by atoms with Crippen molar-refractivity contribution >= 4 is 11.8 Å². The van der Waals surface area contributed by atoms with E-state index in [9.17, 15) is 5.11 Å². The Balaban J connectivity index is 2.20. The molecule has 0 radical (unpaired) electrons. The second-order valence-electron chi connectivity index (χ2n) is 5.30. The van der Waals surface area contributed by atoms with Crippen molar-refractivity contribution in [2.75, 3.05) is 6.26 Å². The number of hydrogen-bond acceptors (Lipinski definition) is 2. The van der Waals surface area contributed by atoms with Crippen LogP contribution in [-0.4, -0.2) is 11.4 Å². The lowest BCUT2D eigenvalue weighted by molar-refractivity contribution is 0.0434. The molecule has 1 saturated carbocycles. The average Bonchev–Trinajstić information content (AvgIpc) is 2.46. The fraction of sp³-hybridized carbons (Fsp3) is 0.625. The summed E-state index contributed by atoms with van der Waals surface area (Å²) in [5.41, 5.74) is 1.13. The van der Waals surface area contributed by atoms with Gasteiger partial charge in [-0.1, -0.05) is 50.8 Å². The minimum absolute atomic E-state index is 0.279. The van der Waals surface area contributed by atoms with Crippen molar-refractivity contribution in [2.24, 2.45) is 11.8 Å². The van der Waals surface area contributed by atoms with E-state index >= 15 is 0 Å². The van der Waals surface area contributed by atoms with Crippen LogP contribution >= 0.6 is 11.8 Å². The summed E-state index contributed by atoms with van der Waals surface area (Å²) >= 11 is 1.74. The van der Waals surface area contributed by atoms with Crippen molar-refractivity contribution in [1.82, 2.24) is 0 Å². The van der Waals surface area contributed by atoms with Crippen LogP contribution in [0.5, 0.6) is 0 Å². The maximum atomic E-state index is 10.7. The van der Waals surface area contributed by atoms with Gasteiger partial charge in [-0.25, -0.2) is 0 Å². The summed E-state index contributed by atoms with van der Waals surface area (Å²) in [6.07, 6.45) is 8.10. The zero-order valence-electron chi connectivity index (χ0n) is 11.4. The summed E-state index contributed by atoms with van der Waals surface area (Å²) in [4.78, 5) is 1.23. The third-order valence-corrected chi connectivity index (χ3v) is 5.17. The Morgan fingerprint density at radius 3 is 2.72 bits per heavy atom. The Morgan fingerprint density at radius 2 is 2.00 bits per heavy atom. The SMILES string of the molecule is CCC1CCCCC1C(O)c1ccccc1SC. The van der Waals surface area contributed by atoms with Gasteiger partial charge in [-0.05, 0) is 36.1 Å². The molecule has 2 rings (SSSR count). The van der Waals surface area contributed by atoms with Gasteiger partial charge in [0.05, 0.1) is 6.10 Å². The highest BCUT2D eigenvalue weighted by atomic mass is 32.2. The lowest BCUT2D eigenvalue weighted by Crippen LogP contribution is -2.25. The molecule has 0 aliphatic heterocycles. The molecule has 0 saturated heterocycles. The number of thioether (sulfide) groups is 1. The molecule has 1 aliphatic carbocycles. The van der Waals surface area contributed by atoms with Crippen LogP contribution in [0.15, 0.2) is 29.2 Å². The van der Waals surface area contributed by atoms with Gasteiger partial charge in [0.25, 0.3) is 0 Å². The van der Waals surface area contributed by atoms with Gasteiger partial charge in [-0.3, -0.25) is 0 Å². The van der Waals surface area contributed by atoms with Crippen molar-refractivity contribution in [3.05, 3.63) is 29.8 Å². The van der Waals surface area contributed by atoms with E-state index in [1.807, 2.05) is 6.07 Å². The lowest BCUT2D eigenvalue weighted by Gasteiger charge is -2.35. The third-order valence-electron chi connectivity index (χ3n) is 4.36. The predicted octanol–water partition coefficient (Wildman–Crippen LogP) is 4.66. The van der Waals surface area contributed by atoms with E-state index in [1.165, 1.54) is 37.0 Å². The molecule has 1 aromatic carbocycles. The first-order valence-electron chi connectivity index (χ1n) is 7.09. The highest BCUT2D eigenvalue weighted by Gasteiger charge is 2.31. The smallest absolute Gasteiger partial charge is 0.0831 e. The van der Waals surface area contributed by atoms with Gasteiger partial charge < -0.3 is 5.11 Å². The molecule has 0 bridgehead atoms. The molecule has 2 heteroatoms. The summed E-state index contributed by atoms with van der Waals surface area (Å²) in [5, 5.41) is 10.7. The van der Waals surface area contributed by atoms with Crippen molar-refractivity contribution in [2.45, 2.75) is 50.0 Å². The Labute approximate surface area is 115 Å². The van der Waals surface area contributed by atoms with Gasteiger partial charge in [0.2, 0.25) is 0 Å². The first-order chi connectivity index (χ1) is 8.77. The molecule has 3 unspecified atom stereocenters. The molecule has 1 aliphatic rings. The molecule has 18 heavy (non-hydrogen) atoms. The molecule has 1 fully saturated rings. The van der Waals surface area contributed by atoms with Crippen LogP contribution in [0.25, 0.3) is 0 Å². The Bertz CT molecular complexity index is 377. The first kappa shape index (κ1) is 14.0. The minimum atomic E-state index is -0.279. The van der Waals surface area contributed by atoms with E-state index in [4.69, 9.17) is 0 Å². The van der Waals surface area contributed by atoms with Crippen molar-refractivity contribution in [3.8, 4) is 0 Å². The number of rotatable bonds is 4. The van der Waals surface area contributed by atoms with Gasteiger partial charge >= 0.3 is 0 Å². The summed E-state index contributed by atoms with van der Waals surface area (Å²) in [6, 6.07) is 8.31. The number of hydrogen-bond donors (Lipinski definition) is 1. The van der Waals surface area contributed by atoms with E-state index in [2.05, 4.69) is 31.4 Å². The van der Waals surface area contributed by atoms with Gasteiger partial charge in [-0.15, -0.1) is 11.8 Å². The van der Waals surface area contributed by atoms with E-state index in [0.29, 0.717) is 11.8 Å². The van der Waals surface area contributed by atoms with Crippen LogP contribution in [0.2, 0.25) is 0 Å². The summed E-state index contributed by atoms with van der Waals surface area (Å²) in [6.45, 7) is 2.26. The normalized spacial score (nSPS) is 25.9. The predicted molar refractivity (Wildman–Crippen MR) is 78.9 cm³/mol. The maximum absolute atomic E-state index is 10.7. The number of aliphatic hydroxyl groups excluding tert-OH is 1. The summed E-state index contributed by atoms with van der Waals surface area (Å²) in [7, 11) is 0. The molecule has 1 N–H and O–H groups in total. The average molecular weight is 264 g/mol. The molecule has 3 atom stereocenters. The van der Waals surface area contributed by atoms with E-state index < -0.39 is 0 Å². The zero-order valence-corrected chi connectivity index (χ0v) is 12.2. The van der Waals surface area contributed by atoms with Crippen LogP contribution in [0.3, 0.4) is 0 Å². The van der Waals surface area contributed by atoms with Crippen LogP contribution in [-0.2, 0) is 0 Å². The zero-order chi connectivity index (χ0) is 13.0. The molecule has 0 aromatic heterocycles. The van der Waals surface area contributed by atoms with Gasteiger partial charge in [-0.2, -0.15) is 0 Å². The fourth-order valence-corrected chi connectivity index (χ4v) is 3.94. The molecule has 0 spiro atoms. The molecular formula is C16H24OS. The van der Waals surface area contributed by atoms with Crippen molar-refractivity contribution in [1.29, 1.82) is 0 Å². The van der Waals surface area contributed by atoms with E-state index in [1.54, 1.807) is 11.8 Å². The third kappa shape index (κ3) is 2.92. The largest absolute Gasteiger partial charge is 0.388 e. The topological polar surface area (TPSA) is 20.2 Å². The quantitative estimate of drug-likeness (QED) is 0.798. The van der Waals surface area contributed by atoms with E-state index in [-0.39, 0.29) is 6.10 Å². The molecule has 100 valence electrons. The van der Waals surface area contributed by atoms with E-state index in [0.717, 1.165) is 5.56 Å². The van der Waals surface area contributed by atoms with Gasteiger partial charge in [0, 0.05) is 4.90 Å². The minimum Gasteiger partial charge on any atom is -0.388 e. The van der Waals surface area contributed by atoms with Crippen LogP contribution in [0.4, 0.5) is 0 Å². The molecule has 0 heterocycles. The second-order valence-corrected chi connectivity index (χ2v) is 6.15. The lowest BCUT2D eigenvalue weighted by atomic mass is 9.73. The molecule has 0 amide bonds. The van der Waals surface area contributed by atoms with Crippen molar-refractivity contribution < 1.29 is 5.11 Å². The molecular weight excluding hydrogens is 240 g/mol. The summed E-state index contributed by atoms with van der Waals surface area (Å²) < 4.78 is 0. The van der Waals surface area contributed by atoms with Crippen molar-refractivity contribution in [3.63, 3.8) is 0 Å². The standard InChI is InChI=1S/C16H24OS/c1-3-12-8-4-5-9-13(12)16(17)14-10-6-7-11-15(14)18-2/h6-7,10-13,16-17H,3-5,8-9H2,1-2H3. The molecule has 1 nitrogen and oxygen atoms in total. The van der Waals surface area contributed by atoms with Crippen LogP contribution in [0.1, 0.15) is 50.7 Å². The monoisotopic (exact) mass is 264 g/mol. The molecule has 1 aromatic rings. The maximum Gasteiger partial charge on any atom is 0.0831 e. The first-order valence-corrected chi connectivity index (χ1v) is 8.31. The second kappa shape index (κ2) is 6.63. The van der Waals surface area contributed by atoms with Gasteiger partial charge in [0.1, 0.15) is 0 Å². The fourth-order valence-electron chi connectivity index (χ4n) is 3.30. The van der Waals surface area contributed by atoms with Gasteiger partial charge in [0.15, 0.2) is 0 Å². The Morgan fingerprint density at radius 1 is 1.28 bits per heavy atom. The number of benzene rings is 1. The van der Waals surface area contributed by atoms with Crippen LogP contribution in [0, 0.1) is 11.8 Å². The highest BCUT2D eigenvalue weighted by molar-refractivity contribution is 7.98. The summed E-state index contributed by atoms with van der Waals surface area (Å²) in [5.74, 6) is 1.15.